The minimum absolute atomic E-state index is 0.0926. The first kappa shape index (κ1) is 14.3. The summed E-state index contributed by atoms with van der Waals surface area (Å²) in [7, 11) is 0. The summed E-state index contributed by atoms with van der Waals surface area (Å²) in [5.74, 6) is -2.24. The molecule has 0 aliphatic heterocycles. The molecule has 0 saturated heterocycles. The summed E-state index contributed by atoms with van der Waals surface area (Å²) in [6.45, 7) is 0.859. The summed E-state index contributed by atoms with van der Waals surface area (Å²) < 4.78 is 39.7. The lowest BCUT2D eigenvalue weighted by Gasteiger charge is -2.26. The predicted octanol–water partition coefficient (Wildman–Crippen LogP) is 2.88. The lowest BCUT2D eigenvalue weighted by atomic mass is 9.83. The Morgan fingerprint density at radius 2 is 1.84 bits per heavy atom. The molecule has 1 unspecified atom stereocenters. The van der Waals surface area contributed by atoms with Crippen LogP contribution in [0.15, 0.2) is 12.1 Å². The smallest absolute Gasteiger partial charge is 0.161 e. The molecule has 1 atom stereocenters. The molecule has 1 aromatic carbocycles. The molecule has 0 spiro atoms. The van der Waals surface area contributed by atoms with E-state index < -0.39 is 23.5 Å². The molecule has 19 heavy (non-hydrogen) atoms. The van der Waals surface area contributed by atoms with E-state index in [2.05, 4.69) is 5.32 Å². The van der Waals surface area contributed by atoms with Crippen LogP contribution in [0.1, 0.15) is 37.3 Å². The van der Waals surface area contributed by atoms with Crippen LogP contribution in [0.2, 0.25) is 0 Å². The number of hydrogen-bond donors (Lipinski definition) is 2. The van der Waals surface area contributed by atoms with Gasteiger partial charge in [-0.2, -0.15) is 0 Å². The molecule has 106 valence electrons. The van der Waals surface area contributed by atoms with Crippen LogP contribution in [-0.2, 0) is 0 Å². The number of hydrogen-bond acceptors (Lipinski definition) is 2. The number of nitrogens with one attached hydrogen (secondary N) is 1. The van der Waals surface area contributed by atoms with Gasteiger partial charge in [0.1, 0.15) is 5.82 Å². The largest absolute Gasteiger partial charge is 0.329 e. The first-order valence-corrected chi connectivity index (χ1v) is 6.69. The molecule has 0 radical (unpaired) electrons. The highest BCUT2D eigenvalue weighted by Gasteiger charge is 2.20. The Hall–Kier alpha value is -1.07. The average molecular weight is 272 g/mol. The lowest BCUT2D eigenvalue weighted by molar-refractivity contribution is 0.287. The molecule has 0 amide bonds. The van der Waals surface area contributed by atoms with Gasteiger partial charge in [-0.25, -0.2) is 13.2 Å². The average Bonchev–Trinajstić information content (AvgIpc) is 2.32. The minimum Gasteiger partial charge on any atom is -0.329 e. The van der Waals surface area contributed by atoms with E-state index in [1.807, 2.05) is 0 Å². The topological polar surface area (TPSA) is 38.0 Å². The molecule has 1 aliphatic carbocycles. The zero-order valence-corrected chi connectivity index (χ0v) is 10.8. The summed E-state index contributed by atoms with van der Waals surface area (Å²) in [5.41, 5.74) is 5.67. The lowest BCUT2D eigenvalue weighted by Crippen LogP contribution is -2.31. The predicted molar refractivity (Wildman–Crippen MR) is 68.1 cm³/mol. The highest BCUT2D eigenvalue weighted by atomic mass is 19.2. The summed E-state index contributed by atoms with van der Waals surface area (Å²) in [6.07, 6.45) is 4.79. The third kappa shape index (κ3) is 3.48. The first-order chi connectivity index (χ1) is 9.11. The van der Waals surface area contributed by atoms with Gasteiger partial charge in [-0.05, 0) is 24.9 Å². The Balaban J connectivity index is 1.97. The highest BCUT2D eigenvalue weighted by Crippen LogP contribution is 2.29. The van der Waals surface area contributed by atoms with Crippen LogP contribution in [0.25, 0.3) is 0 Å². The van der Waals surface area contributed by atoms with Gasteiger partial charge in [0.15, 0.2) is 11.6 Å². The Morgan fingerprint density at radius 1 is 1.16 bits per heavy atom. The van der Waals surface area contributed by atoms with Crippen molar-refractivity contribution >= 4 is 0 Å². The molecule has 1 aliphatic rings. The quantitative estimate of drug-likeness (QED) is 0.781. The van der Waals surface area contributed by atoms with E-state index in [0.717, 1.165) is 18.4 Å². The van der Waals surface area contributed by atoms with Crippen molar-refractivity contribution in [2.75, 3.05) is 13.1 Å². The molecule has 0 heterocycles. The third-order valence-corrected chi connectivity index (χ3v) is 3.82. The maximum atomic E-state index is 13.6. The van der Waals surface area contributed by atoms with E-state index in [-0.39, 0.29) is 12.1 Å². The summed E-state index contributed by atoms with van der Waals surface area (Å²) >= 11 is 0. The number of benzene rings is 1. The fourth-order valence-corrected chi connectivity index (χ4v) is 2.37. The van der Waals surface area contributed by atoms with Gasteiger partial charge in [-0.1, -0.05) is 19.3 Å². The number of nitrogens with two attached hydrogens (primary N) is 1. The van der Waals surface area contributed by atoms with Crippen LogP contribution in [-0.4, -0.2) is 13.1 Å². The van der Waals surface area contributed by atoms with Crippen LogP contribution >= 0.6 is 0 Å². The summed E-state index contributed by atoms with van der Waals surface area (Å²) in [6, 6.07) is 0.981. The first-order valence-electron chi connectivity index (χ1n) is 6.69. The Labute approximate surface area is 111 Å². The van der Waals surface area contributed by atoms with Crippen molar-refractivity contribution in [1.29, 1.82) is 0 Å². The Kier molecular flexibility index (Phi) is 4.82. The normalized spacial score (nSPS) is 17.3. The third-order valence-electron chi connectivity index (χ3n) is 3.82. The van der Waals surface area contributed by atoms with Gasteiger partial charge in [0.25, 0.3) is 0 Å². The van der Waals surface area contributed by atoms with Crippen molar-refractivity contribution in [3.05, 3.63) is 35.1 Å². The standard InChI is InChI=1S/C14H19F3N2/c15-11-7-13(17)12(16)6-10(11)14(8-18)19-5-4-9-2-1-3-9/h6-7,9,14,19H,1-5,8,18H2. The van der Waals surface area contributed by atoms with Crippen molar-refractivity contribution in [2.45, 2.75) is 31.7 Å². The monoisotopic (exact) mass is 272 g/mol. The van der Waals surface area contributed by atoms with Crippen LogP contribution in [0.4, 0.5) is 13.2 Å². The van der Waals surface area contributed by atoms with E-state index in [0.29, 0.717) is 12.6 Å². The molecule has 3 N–H and O–H groups in total. The zero-order chi connectivity index (χ0) is 13.8. The van der Waals surface area contributed by atoms with Crippen molar-refractivity contribution in [2.24, 2.45) is 11.7 Å². The summed E-state index contributed by atoms with van der Waals surface area (Å²) in [5, 5.41) is 3.12. The molecule has 2 nitrogen and oxygen atoms in total. The van der Waals surface area contributed by atoms with Gasteiger partial charge < -0.3 is 11.1 Å². The molecule has 1 fully saturated rings. The van der Waals surface area contributed by atoms with E-state index in [4.69, 9.17) is 5.73 Å². The van der Waals surface area contributed by atoms with Gasteiger partial charge in [0, 0.05) is 24.2 Å². The van der Waals surface area contributed by atoms with Crippen LogP contribution < -0.4 is 11.1 Å². The van der Waals surface area contributed by atoms with Gasteiger partial charge in [-0.15, -0.1) is 0 Å². The van der Waals surface area contributed by atoms with E-state index in [9.17, 15) is 13.2 Å². The minimum atomic E-state index is -1.17. The molecule has 1 saturated carbocycles. The maximum absolute atomic E-state index is 13.6. The van der Waals surface area contributed by atoms with E-state index in [1.54, 1.807) is 0 Å². The number of rotatable bonds is 6. The van der Waals surface area contributed by atoms with Gasteiger partial charge in [0.05, 0.1) is 0 Å². The van der Waals surface area contributed by atoms with Crippen molar-refractivity contribution in [1.82, 2.24) is 5.32 Å². The van der Waals surface area contributed by atoms with Crippen molar-refractivity contribution < 1.29 is 13.2 Å². The second-order valence-electron chi connectivity index (χ2n) is 5.12. The number of halogens is 3. The maximum Gasteiger partial charge on any atom is 0.161 e. The van der Waals surface area contributed by atoms with E-state index in [1.165, 1.54) is 19.3 Å². The molecule has 5 heteroatoms. The van der Waals surface area contributed by atoms with Gasteiger partial charge in [0.2, 0.25) is 0 Å². The molecule has 0 aromatic heterocycles. The summed E-state index contributed by atoms with van der Waals surface area (Å²) in [4.78, 5) is 0. The van der Waals surface area contributed by atoms with Crippen LogP contribution in [0, 0.1) is 23.4 Å². The molecular weight excluding hydrogens is 253 g/mol. The fourth-order valence-electron chi connectivity index (χ4n) is 2.37. The van der Waals surface area contributed by atoms with Crippen molar-refractivity contribution in [3.8, 4) is 0 Å². The van der Waals surface area contributed by atoms with Crippen molar-refractivity contribution in [3.63, 3.8) is 0 Å². The second kappa shape index (κ2) is 6.39. The molecule has 1 aromatic rings. The van der Waals surface area contributed by atoms with Crippen LogP contribution in [0.3, 0.4) is 0 Å². The van der Waals surface area contributed by atoms with Gasteiger partial charge >= 0.3 is 0 Å². The van der Waals surface area contributed by atoms with Gasteiger partial charge in [-0.3, -0.25) is 0 Å². The molecule has 0 bridgehead atoms. The zero-order valence-electron chi connectivity index (χ0n) is 10.8. The molecule has 2 rings (SSSR count). The Bertz CT molecular complexity index is 433. The molecular formula is C14H19F3N2. The second-order valence-corrected chi connectivity index (χ2v) is 5.12. The fraction of sp³-hybridized carbons (Fsp3) is 0.571. The van der Waals surface area contributed by atoms with E-state index >= 15 is 0 Å². The van der Waals surface area contributed by atoms with Crippen LogP contribution in [0.5, 0.6) is 0 Å². The Morgan fingerprint density at radius 3 is 2.42 bits per heavy atom. The highest BCUT2D eigenvalue weighted by molar-refractivity contribution is 5.23. The SMILES string of the molecule is NCC(NCCC1CCC1)c1cc(F)c(F)cc1F.